The Morgan fingerprint density at radius 3 is 2.50 bits per heavy atom. The Balaban J connectivity index is 2.48. The van der Waals surface area contributed by atoms with Gasteiger partial charge in [0.2, 0.25) is 0 Å². The monoisotopic (exact) mass is 189 g/mol. The molecule has 1 heteroatoms. The second-order valence-corrected chi connectivity index (χ2v) is 5.01. The van der Waals surface area contributed by atoms with Gasteiger partial charge in [-0.3, -0.25) is 0 Å². The van der Waals surface area contributed by atoms with E-state index in [4.69, 9.17) is 0 Å². The summed E-state index contributed by atoms with van der Waals surface area (Å²) < 4.78 is 0. The summed E-state index contributed by atoms with van der Waals surface area (Å²) in [6.45, 7) is 9.22. The van der Waals surface area contributed by atoms with Crippen molar-refractivity contribution < 1.29 is 0 Å². The number of nitrogens with one attached hydrogen (secondary N) is 1. The van der Waals surface area contributed by atoms with Gasteiger partial charge < -0.3 is 5.32 Å². The number of benzene rings is 1. The Labute approximate surface area is 86.5 Å². The first-order valence-electron chi connectivity index (χ1n) is 5.39. The van der Waals surface area contributed by atoms with Crippen molar-refractivity contribution in [2.75, 3.05) is 5.32 Å². The second-order valence-electron chi connectivity index (χ2n) is 5.01. The summed E-state index contributed by atoms with van der Waals surface area (Å²) in [5.74, 6) is 1.31. The Hall–Kier alpha value is -0.980. The van der Waals surface area contributed by atoms with E-state index in [2.05, 4.69) is 57.3 Å². The van der Waals surface area contributed by atoms with Gasteiger partial charge in [0, 0.05) is 11.2 Å². The lowest BCUT2D eigenvalue weighted by Gasteiger charge is -2.43. The predicted molar refractivity (Wildman–Crippen MR) is 61.7 cm³/mol. The SMILES string of the molecule is CC1c2ccccc2NC(C)(C)C1C. The van der Waals surface area contributed by atoms with E-state index in [0.717, 1.165) is 0 Å². The molecule has 76 valence electrons. The van der Waals surface area contributed by atoms with Gasteiger partial charge in [0.1, 0.15) is 0 Å². The third kappa shape index (κ3) is 1.31. The molecule has 1 N–H and O–H groups in total. The molecular weight excluding hydrogens is 170 g/mol. The van der Waals surface area contributed by atoms with E-state index >= 15 is 0 Å². The van der Waals surface area contributed by atoms with Crippen LogP contribution in [-0.4, -0.2) is 5.54 Å². The fraction of sp³-hybridized carbons (Fsp3) is 0.538. The van der Waals surface area contributed by atoms with Gasteiger partial charge >= 0.3 is 0 Å². The van der Waals surface area contributed by atoms with Gasteiger partial charge in [-0.25, -0.2) is 0 Å². The van der Waals surface area contributed by atoms with Crippen molar-refractivity contribution >= 4 is 5.69 Å². The molecule has 0 bridgehead atoms. The Morgan fingerprint density at radius 2 is 1.79 bits per heavy atom. The molecule has 14 heavy (non-hydrogen) atoms. The molecule has 1 aromatic rings. The molecule has 1 heterocycles. The molecule has 2 unspecified atom stereocenters. The van der Waals surface area contributed by atoms with Crippen LogP contribution < -0.4 is 5.32 Å². The van der Waals surface area contributed by atoms with Gasteiger partial charge in [0.05, 0.1) is 0 Å². The molecule has 0 saturated heterocycles. The van der Waals surface area contributed by atoms with Gasteiger partial charge in [-0.15, -0.1) is 0 Å². The van der Waals surface area contributed by atoms with Gasteiger partial charge in [0.15, 0.2) is 0 Å². The summed E-state index contributed by atoms with van der Waals surface area (Å²) in [6, 6.07) is 8.64. The average molecular weight is 189 g/mol. The average Bonchev–Trinajstić information content (AvgIpc) is 2.14. The summed E-state index contributed by atoms with van der Waals surface area (Å²) in [7, 11) is 0. The zero-order chi connectivity index (χ0) is 10.3. The van der Waals surface area contributed by atoms with Crippen LogP contribution in [0, 0.1) is 5.92 Å². The predicted octanol–water partition coefficient (Wildman–Crippen LogP) is 3.63. The first-order valence-corrected chi connectivity index (χ1v) is 5.39. The fourth-order valence-corrected chi connectivity index (χ4v) is 2.36. The number of hydrogen-bond donors (Lipinski definition) is 1. The first-order chi connectivity index (χ1) is 6.52. The van der Waals surface area contributed by atoms with Crippen molar-refractivity contribution in [3.8, 4) is 0 Å². The Kier molecular flexibility index (Phi) is 2.06. The highest BCUT2D eigenvalue weighted by Gasteiger charge is 2.35. The van der Waals surface area contributed by atoms with Gasteiger partial charge in [-0.2, -0.15) is 0 Å². The van der Waals surface area contributed by atoms with E-state index in [-0.39, 0.29) is 5.54 Å². The summed E-state index contributed by atoms with van der Waals surface area (Å²) in [6.07, 6.45) is 0. The standard InChI is InChI=1S/C13H19N/c1-9-10(2)13(3,4)14-12-8-6-5-7-11(9)12/h5-10,14H,1-4H3. The quantitative estimate of drug-likeness (QED) is 0.657. The number of para-hydroxylation sites is 1. The smallest absolute Gasteiger partial charge is 0.0379 e. The van der Waals surface area contributed by atoms with Gasteiger partial charge in [-0.1, -0.05) is 32.0 Å². The van der Waals surface area contributed by atoms with Crippen LogP contribution in [0.25, 0.3) is 0 Å². The van der Waals surface area contributed by atoms with E-state index in [0.29, 0.717) is 11.8 Å². The van der Waals surface area contributed by atoms with E-state index in [9.17, 15) is 0 Å². The van der Waals surface area contributed by atoms with Crippen LogP contribution in [0.15, 0.2) is 24.3 Å². The lowest BCUT2D eigenvalue weighted by molar-refractivity contribution is 0.316. The van der Waals surface area contributed by atoms with Crippen molar-refractivity contribution in [3.05, 3.63) is 29.8 Å². The Bertz CT molecular complexity index is 341. The summed E-state index contributed by atoms with van der Waals surface area (Å²) in [4.78, 5) is 0. The third-order valence-corrected chi connectivity index (χ3v) is 3.80. The van der Waals surface area contributed by atoms with E-state index in [1.54, 1.807) is 0 Å². The summed E-state index contributed by atoms with van der Waals surface area (Å²) in [5, 5.41) is 3.62. The first kappa shape index (κ1) is 9.57. The van der Waals surface area contributed by atoms with Crippen LogP contribution in [0.4, 0.5) is 5.69 Å². The van der Waals surface area contributed by atoms with Crippen molar-refractivity contribution in [1.29, 1.82) is 0 Å². The minimum atomic E-state index is 0.202. The molecule has 1 nitrogen and oxygen atoms in total. The molecule has 0 fully saturated rings. The molecular formula is C13H19N. The molecule has 1 aliphatic heterocycles. The van der Waals surface area contributed by atoms with Crippen molar-refractivity contribution in [1.82, 2.24) is 0 Å². The second kappa shape index (κ2) is 3.01. The number of hydrogen-bond acceptors (Lipinski definition) is 1. The van der Waals surface area contributed by atoms with E-state index < -0.39 is 0 Å². The summed E-state index contributed by atoms with van der Waals surface area (Å²) >= 11 is 0. The molecule has 2 rings (SSSR count). The van der Waals surface area contributed by atoms with Crippen molar-refractivity contribution in [2.45, 2.75) is 39.2 Å². The van der Waals surface area contributed by atoms with E-state index in [1.165, 1.54) is 11.3 Å². The lowest BCUT2D eigenvalue weighted by atomic mass is 9.73. The fourth-order valence-electron chi connectivity index (χ4n) is 2.36. The maximum atomic E-state index is 3.62. The van der Waals surface area contributed by atoms with Crippen LogP contribution in [0.2, 0.25) is 0 Å². The number of anilines is 1. The minimum absolute atomic E-state index is 0.202. The zero-order valence-electron chi connectivity index (χ0n) is 9.46. The number of fused-ring (bicyclic) bond motifs is 1. The maximum Gasteiger partial charge on any atom is 0.0379 e. The molecule has 0 aromatic heterocycles. The van der Waals surface area contributed by atoms with Crippen LogP contribution in [0.1, 0.15) is 39.2 Å². The van der Waals surface area contributed by atoms with Crippen molar-refractivity contribution in [2.24, 2.45) is 5.92 Å². The topological polar surface area (TPSA) is 12.0 Å². The van der Waals surface area contributed by atoms with Crippen LogP contribution >= 0.6 is 0 Å². The molecule has 0 saturated carbocycles. The highest BCUT2D eigenvalue weighted by atomic mass is 15.0. The normalized spacial score (nSPS) is 29.1. The zero-order valence-corrected chi connectivity index (χ0v) is 9.46. The molecule has 0 spiro atoms. The third-order valence-electron chi connectivity index (χ3n) is 3.80. The number of rotatable bonds is 0. The van der Waals surface area contributed by atoms with Crippen LogP contribution in [-0.2, 0) is 0 Å². The maximum absolute atomic E-state index is 3.62. The highest BCUT2D eigenvalue weighted by molar-refractivity contribution is 5.57. The van der Waals surface area contributed by atoms with Gasteiger partial charge in [0.25, 0.3) is 0 Å². The largest absolute Gasteiger partial charge is 0.380 e. The molecule has 1 aromatic carbocycles. The van der Waals surface area contributed by atoms with Crippen LogP contribution in [0.5, 0.6) is 0 Å². The lowest BCUT2D eigenvalue weighted by Crippen LogP contribution is -2.44. The molecule has 0 aliphatic carbocycles. The summed E-state index contributed by atoms with van der Waals surface area (Å²) in [5.41, 5.74) is 2.97. The molecule has 2 atom stereocenters. The minimum Gasteiger partial charge on any atom is -0.380 e. The highest BCUT2D eigenvalue weighted by Crippen LogP contribution is 2.42. The van der Waals surface area contributed by atoms with E-state index in [1.807, 2.05) is 0 Å². The molecule has 1 aliphatic rings. The van der Waals surface area contributed by atoms with Gasteiger partial charge in [-0.05, 0) is 37.3 Å². The molecule has 0 radical (unpaired) electrons. The van der Waals surface area contributed by atoms with Crippen molar-refractivity contribution in [3.63, 3.8) is 0 Å². The molecule has 0 amide bonds. The van der Waals surface area contributed by atoms with Crippen LogP contribution in [0.3, 0.4) is 0 Å². The Morgan fingerprint density at radius 1 is 1.14 bits per heavy atom.